The topological polar surface area (TPSA) is 89.6 Å². The van der Waals surface area contributed by atoms with Crippen LogP contribution in [0.15, 0.2) is 71.3 Å². The van der Waals surface area contributed by atoms with Crippen molar-refractivity contribution in [2.24, 2.45) is 0 Å². The number of ether oxygens (including phenoxy) is 1. The summed E-state index contributed by atoms with van der Waals surface area (Å²) < 4.78 is 12.3. The van der Waals surface area contributed by atoms with Crippen molar-refractivity contribution >= 4 is 17.5 Å². The number of carbonyl (C=O) groups excluding carboxylic acids is 2. The van der Waals surface area contributed by atoms with Gasteiger partial charge in [-0.2, -0.15) is 5.10 Å². The zero-order chi connectivity index (χ0) is 25.4. The summed E-state index contributed by atoms with van der Waals surface area (Å²) in [7, 11) is 1.61. The summed E-state index contributed by atoms with van der Waals surface area (Å²) in [5.74, 6) is 0.749. The highest BCUT2D eigenvalue weighted by atomic mass is 16.5. The highest BCUT2D eigenvalue weighted by Crippen LogP contribution is 2.36. The molecule has 1 N–H and O–H groups in total. The van der Waals surface area contributed by atoms with E-state index in [-0.39, 0.29) is 18.4 Å². The van der Waals surface area contributed by atoms with Crippen LogP contribution in [0.2, 0.25) is 0 Å². The minimum Gasteiger partial charge on any atom is -0.497 e. The Morgan fingerprint density at radius 1 is 1.14 bits per heavy atom. The first-order valence-electron chi connectivity index (χ1n) is 11.7. The number of aromatic nitrogens is 2. The standard InChI is InChI=1S/C28H28N4O4/c1-18-7-8-19(2)23(14-18)32-26(33)24-15-22(25-6-5-13-36-25)30-31(24)17-28(32,3)27(34)29-16-20-9-11-21(35-4)12-10-20/h5-15H,16-17H2,1-4H3,(H,29,34). The van der Waals surface area contributed by atoms with Crippen LogP contribution < -0.4 is 15.0 Å². The fourth-order valence-corrected chi connectivity index (χ4v) is 4.58. The molecule has 0 saturated carbocycles. The molecule has 0 fully saturated rings. The quantitative estimate of drug-likeness (QED) is 0.435. The third-order valence-electron chi connectivity index (χ3n) is 6.63. The van der Waals surface area contributed by atoms with E-state index in [1.807, 2.05) is 56.3 Å². The molecule has 0 spiro atoms. The number of carbonyl (C=O) groups is 2. The smallest absolute Gasteiger partial charge is 0.277 e. The van der Waals surface area contributed by atoms with Crippen molar-refractivity contribution in [2.75, 3.05) is 12.0 Å². The van der Waals surface area contributed by atoms with Gasteiger partial charge in [-0.1, -0.05) is 24.3 Å². The second-order valence-corrected chi connectivity index (χ2v) is 9.28. The molecule has 0 bridgehead atoms. The van der Waals surface area contributed by atoms with Crippen LogP contribution >= 0.6 is 0 Å². The Hall–Kier alpha value is -4.33. The third-order valence-corrected chi connectivity index (χ3v) is 6.63. The van der Waals surface area contributed by atoms with Crippen LogP contribution in [0, 0.1) is 13.8 Å². The molecule has 1 unspecified atom stereocenters. The van der Waals surface area contributed by atoms with Crippen LogP contribution in [0.25, 0.3) is 11.5 Å². The van der Waals surface area contributed by atoms with Gasteiger partial charge in [-0.3, -0.25) is 19.2 Å². The number of hydrogen-bond acceptors (Lipinski definition) is 5. The largest absolute Gasteiger partial charge is 0.497 e. The average Bonchev–Trinajstić information content (AvgIpc) is 3.55. The Morgan fingerprint density at radius 3 is 2.61 bits per heavy atom. The van der Waals surface area contributed by atoms with Crippen molar-refractivity contribution in [2.45, 2.75) is 39.4 Å². The van der Waals surface area contributed by atoms with Crippen LogP contribution in [0.4, 0.5) is 5.69 Å². The van der Waals surface area contributed by atoms with Gasteiger partial charge in [0.05, 0.1) is 19.9 Å². The molecule has 8 heteroatoms. The summed E-state index contributed by atoms with van der Waals surface area (Å²) in [5.41, 5.74) is 3.26. The van der Waals surface area contributed by atoms with E-state index in [0.717, 1.165) is 22.4 Å². The molecule has 3 heterocycles. The summed E-state index contributed by atoms with van der Waals surface area (Å²) in [4.78, 5) is 29.4. The number of furan rings is 1. The van der Waals surface area contributed by atoms with Gasteiger partial charge >= 0.3 is 0 Å². The summed E-state index contributed by atoms with van der Waals surface area (Å²) in [5, 5.41) is 7.64. The van der Waals surface area contributed by atoms with Crippen LogP contribution in [-0.4, -0.2) is 34.2 Å². The molecule has 2 aromatic carbocycles. The highest BCUT2D eigenvalue weighted by molar-refractivity contribution is 6.12. The predicted octanol–water partition coefficient (Wildman–Crippen LogP) is 4.50. The average molecular weight is 485 g/mol. The first-order valence-corrected chi connectivity index (χ1v) is 11.7. The number of rotatable bonds is 6. The number of hydrogen-bond donors (Lipinski definition) is 1. The first kappa shape index (κ1) is 23.4. The first-order chi connectivity index (χ1) is 17.3. The van der Waals surface area contributed by atoms with Crippen molar-refractivity contribution in [1.82, 2.24) is 15.1 Å². The van der Waals surface area contributed by atoms with Crippen molar-refractivity contribution in [1.29, 1.82) is 0 Å². The van der Waals surface area contributed by atoms with Gasteiger partial charge in [0.1, 0.15) is 22.7 Å². The lowest BCUT2D eigenvalue weighted by Crippen LogP contribution is -2.64. The normalized spacial score (nSPS) is 17.1. The molecule has 36 heavy (non-hydrogen) atoms. The summed E-state index contributed by atoms with van der Waals surface area (Å²) in [6, 6.07) is 18.7. The summed E-state index contributed by atoms with van der Waals surface area (Å²) in [6.07, 6.45) is 1.56. The maximum absolute atomic E-state index is 14.0. The van der Waals surface area contributed by atoms with Gasteiger partial charge in [-0.25, -0.2) is 0 Å². The Labute approximate surface area is 209 Å². The molecule has 1 aliphatic rings. The number of methoxy groups -OCH3 is 1. The maximum atomic E-state index is 14.0. The van der Waals surface area contributed by atoms with E-state index in [1.54, 1.807) is 48.1 Å². The number of nitrogens with zero attached hydrogens (tertiary/aromatic N) is 3. The zero-order valence-corrected chi connectivity index (χ0v) is 20.7. The Morgan fingerprint density at radius 2 is 1.92 bits per heavy atom. The molecular formula is C28H28N4O4. The van der Waals surface area contributed by atoms with Crippen molar-refractivity contribution < 1.29 is 18.7 Å². The Bertz CT molecular complexity index is 1420. The highest BCUT2D eigenvalue weighted by Gasteiger charge is 2.49. The van der Waals surface area contributed by atoms with Gasteiger partial charge in [0.15, 0.2) is 5.76 Å². The molecule has 2 aromatic heterocycles. The SMILES string of the molecule is COc1ccc(CNC(=O)C2(C)Cn3nc(-c4ccco4)cc3C(=O)N2c2cc(C)ccc2C)cc1. The van der Waals surface area contributed by atoms with Crippen LogP contribution in [0.5, 0.6) is 5.75 Å². The molecular weight excluding hydrogens is 456 g/mol. The number of amides is 2. The second-order valence-electron chi connectivity index (χ2n) is 9.28. The molecule has 8 nitrogen and oxygen atoms in total. The number of anilines is 1. The lowest BCUT2D eigenvalue weighted by molar-refractivity contribution is -0.126. The fraction of sp³-hybridized carbons (Fsp3) is 0.250. The molecule has 4 aromatic rings. The Balaban J connectivity index is 1.53. The molecule has 2 amide bonds. The fourth-order valence-electron chi connectivity index (χ4n) is 4.58. The zero-order valence-electron chi connectivity index (χ0n) is 20.7. The van der Waals surface area contributed by atoms with Gasteiger partial charge in [0.2, 0.25) is 5.91 Å². The Kier molecular flexibility index (Phi) is 5.88. The van der Waals surface area contributed by atoms with E-state index >= 15 is 0 Å². The summed E-state index contributed by atoms with van der Waals surface area (Å²) in [6.45, 7) is 6.20. The van der Waals surface area contributed by atoms with Crippen LogP contribution in [0.3, 0.4) is 0 Å². The minimum absolute atomic E-state index is 0.191. The van der Waals surface area contributed by atoms with E-state index in [1.165, 1.54) is 0 Å². The third kappa shape index (κ3) is 4.04. The lowest BCUT2D eigenvalue weighted by atomic mass is 9.92. The van der Waals surface area contributed by atoms with Gasteiger partial charge < -0.3 is 14.5 Å². The van der Waals surface area contributed by atoms with Crippen molar-refractivity contribution in [3.63, 3.8) is 0 Å². The molecule has 0 aliphatic carbocycles. The van der Waals surface area contributed by atoms with Gasteiger partial charge in [0.25, 0.3) is 5.91 Å². The van der Waals surface area contributed by atoms with Crippen molar-refractivity contribution in [3.05, 3.63) is 89.3 Å². The number of benzene rings is 2. The molecule has 0 saturated heterocycles. The molecule has 1 aliphatic heterocycles. The number of fused-ring (bicyclic) bond motifs is 1. The molecule has 0 radical (unpaired) electrons. The van der Waals surface area contributed by atoms with Crippen LogP contribution in [0.1, 0.15) is 34.1 Å². The van der Waals surface area contributed by atoms with E-state index in [0.29, 0.717) is 29.4 Å². The summed E-state index contributed by atoms with van der Waals surface area (Å²) >= 11 is 0. The van der Waals surface area contributed by atoms with E-state index in [2.05, 4.69) is 10.4 Å². The van der Waals surface area contributed by atoms with Gasteiger partial charge in [-0.05, 0) is 67.8 Å². The van der Waals surface area contributed by atoms with Crippen molar-refractivity contribution in [3.8, 4) is 17.2 Å². The van der Waals surface area contributed by atoms with Crippen LogP contribution in [-0.2, 0) is 17.9 Å². The molecule has 1 atom stereocenters. The predicted molar refractivity (Wildman–Crippen MR) is 136 cm³/mol. The van der Waals surface area contributed by atoms with Gasteiger partial charge in [-0.15, -0.1) is 0 Å². The molecule has 184 valence electrons. The van der Waals surface area contributed by atoms with E-state index < -0.39 is 5.54 Å². The molecule has 5 rings (SSSR count). The van der Waals surface area contributed by atoms with E-state index in [9.17, 15) is 9.59 Å². The number of aryl methyl sites for hydroxylation is 2. The monoisotopic (exact) mass is 484 g/mol. The minimum atomic E-state index is -1.22. The maximum Gasteiger partial charge on any atom is 0.277 e. The number of nitrogens with one attached hydrogen (secondary N) is 1. The van der Waals surface area contributed by atoms with E-state index in [4.69, 9.17) is 9.15 Å². The second kappa shape index (κ2) is 9.03. The van der Waals surface area contributed by atoms with Gasteiger partial charge in [0, 0.05) is 18.3 Å². The lowest BCUT2D eigenvalue weighted by Gasteiger charge is -2.43.